The number of hydrogen-bond donors (Lipinski definition) is 2. The van der Waals surface area contributed by atoms with Crippen molar-refractivity contribution in [3.63, 3.8) is 0 Å². The predicted octanol–water partition coefficient (Wildman–Crippen LogP) is 3.56. The number of nitrogens with zero attached hydrogens (tertiary/aromatic N) is 2. The van der Waals surface area contributed by atoms with Crippen LogP contribution < -0.4 is 10.6 Å². The molecule has 132 valence electrons. The van der Waals surface area contributed by atoms with Crippen LogP contribution in [0.15, 0.2) is 30.5 Å². The van der Waals surface area contributed by atoms with Gasteiger partial charge in [-0.3, -0.25) is 4.68 Å². The maximum absolute atomic E-state index is 12.4. The van der Waals surface area contributed by atoms with E-state index in [2.05, 4.69) is 60.8 Å². The lowest BCUT2D eigenvalue weighted by Gasteiger charge is -2.12. The molecule has 0 radical (unpaired) electrons. The molecule has 1 aromatic heterocycles. The molecule has 2 aliphatic rings. The number of rotatable bonds is 5. The van der Waals surface area contributed by atoms with Gasteiger partial charge in [0, 0.05) is 18.5 Å². The minimum Gasteiger partial charge on any atom is -0.334 e. The molecule has 25 heavy (non-hydrogen) atoms. The number of urea groups is 1. The van der Waals surface area contributed by atoms with Gasteiger partial charge in [-0.2, -0.15) is 5.10 Å². The van der Waals surface area contributed by atoms with Crippen LogP contribution in [0.3, 0.4) is 0 Å². The van der Waals surface area contributed by atoms with Crippen LogP contribution in [0.25, 0.3) is 0 Å². The van der Waals surface area contributed by atoms with E-state index < -0.39 is 0 Å². The molecule has 1 heterocycles. The molecule has 0 spiro atoms. The Morgan fingerprint density at radius 1 is 1.36 bits per heavy atom. The molecular formula is C20H26N4O. The zero-order valence-corrected chi connectivity index (χ0v) is 15.1. The van der Waals surface area contributed by atoms with Crippen molar-refractivity contribution in [2.75, 3.05) is 5.32 Å². The third-order valence-corrected chi connectivity index (χ3v) is 5.41. The Morgan fingerprint density at radius 3 is 2.92 bits per heavy atom. The van der Waals surface area contributed by atoms with Crippen LogP contribution in [0.5, 0.6) is 0 Å². The molecule has 2 aromatic rings. The van der Waals surface area contributed by atoms with Gasteiger partial charge in [0.05, 0.1) is 17.6 Å². The average molecular weight is 338 g/mol. The summed E-state index contributed by atoms with van der Waals surface area (Å²) in [5, 5.41) is 10.6. The van der Waals surface area contributed by atoms with Crippen LogP contribution in [-0.2, 0) is 19.4 Å². The molecule has 5 heteroatoms. The molecule has 2 amide bonds. The van der Waals surface area contributed by atoms with Gasteiger partial charge >= 0.3 is 6.03 Å². The van der Waals surface area contributed by atoms with Crippen molar-refractivity contribution in [2.45, 2.75) is 52.1 Å². The van der Waals surface area contributed by atoms with E-state index in [0.29, 0.717) is 17.8 Å². The van der Waals surface area contributed by atoms with Crippen molar-refractivity contribution >= 4 is 11.7 Å². The van der Waals surface area contributed by atoms with Crippen molar-refractivity contribution in [2.24, 2.45) is 11.8 Å². The Hall–Kier alpha value is -2.30. The smallest absolute Gasteiger partial charge is 0.319 e. The van der Waals surface area contributed by atoms with Gasteiger partial charge in [0.2, 0.25) is 0 Å². The summed E-state index contributed by atoms with van der Waals surface area (Å²) in [6, 6.07) is 8.74. The summed E-state index contributed by atoms with van der Waals surface area (Å²) in [6.45, 7) is 7.31. The SMILES string of the molecule is CCc1c(NC(=O)N[C@@H]2[C@H]3Cc4ccccc4[C@H]32)cnn1CC(C)C. The van der Waals surface area contributed by atoms with Gasteiger partial charge in [0.25, 0.3) is 0 Å². The van der Waals surface area contributed by atoms with Crippen molar-refractivity contribution in [1.29, 1.82) is 0 Å². The fraction of sp³-hybridized carbons (Fsp3) is 0.500. The quantitative estimate of drug-likeness (QED) is 0.876. The number of fused-ring (bicyclic) bond motifs is 3. The number of nitrogens with one attached hydrogen (secondary N) is 2. The number of hydrogen-bond acceptors (Lipinski definition) is 2. The second kappa shape index (κ2) is 6.21. The highest BCUT2D eigenvalue weighted by Crippen LogP contribution is 2.56. The van der Waals surface area contributed by atoms with Crippen molar-refractivity contribution in [3.8, 4) is 0 Å². The standard InChI is InChI=1S/C20H26N4O/c1-4-17-16(10-21-24(17)11-12(2)3)22-20(25)23-19-15-9-13-7-5-6-8-14(13)18(15)19/h5-8,10,12,15,18-19H,4,9,11H2,1-3H3,(H2,22,23,25)/t15-,18+,19+/m0/s1. The maximum Gasteiger partial charge on any atom is 0.319 e. The number of aromatic nitrogens is 2. The van der Waals surface area contributed by atoms with Crippen LogP contribution in [0.4, 0.5) is 10.5 Å². The Balaban J connectivity index is 1.39. The molecule has 2 aliphatic carbocycles. The fourth-order valence-electron chi connectivity index (χ4n) is 4.25. The predicted molar refractivity (Wildman–Crippen MR) is 98.8 cm³/mol. The summed E-state index contributed by atoms with van der Waals surface area (Å²) < 4.78 is 2.00. The van der Waals surface area contributed by atoms with Crippen LogP contribution in [0.2, 0.25) is 0 Å². The van der Waals surface area contributed by atoms with Gasteiger partial charge in [-0.1, -0.05) is 45.0 Å². The third kappa shape index (κ3) is 2.92. The van der Waals surface area contributed by atoms with E-state index in [-0.39, 0.29) is 12.1 Å². The molecule has 3 atom stereocenters. The largest absolute Gasteiger partial charge is 0.334 e. The molecule has 1 saturated carbocycles. The van der Waals surface area contributed by atoms with Crippen LogP contribution >= 0.6 is 0 Å². The number of carbonyl (C=O) groups excluding carboxylic acids is 1. The molecular weight excluding hydrogens is 312 g/mol. The molecule has 1 aromatic carbocycles. The first-order valence-corrected chi connectivity index (χ1v) is 9.28. The zero-order chi connectivity index (χ0) is 17.6. The molecule has 0 unspecified atom stereocenters. The minimum absolute atomic E-state index is 0.115. The maximum atomic E-state index is 12.4. The highest BCUT2D eigenvalue weighted by Gasteiger charge is 2.56. The first-order valence-electron chi connectivity index (χ1n) is 9.28. The zero-order valence-electron chi connectivity index (χ0n) is 15.1. The van der Waals surface area contributed by atoms with Crippen LogP contribution in [0.1, 0.15) is 43.5 Å². The minimum atomic E-state index is -0.115. The number of anilines is 1. The molecule has 1 fully saturated rings. The summed E-state index contributed by atoms with van der Waals surface area (Å²) in [5.41, 5.74) is 4.77. The fourth-order valence-corrected chi connectivity index (χ4v) is 4.25. The van der Waals surface area contributed by atoms with E-state index in [1.54, 1.807) is 6.20 Å². The molecule has 5 nitrogen and oxygen atoms in total. The molecule has 0 aliphatic heterocycles. The highest BCUT2D eigenvalue weighted by atomic mass is 16.2. The Morgan fingerprint density at radius 2 is 2.16 bits per heavy atom. The second-order valence-corrected chi connectivity index (χ2v) is 7.65. The monoisotopic (exact) mass is 338 g/mol. The lowest BCUT2D eigenvalue weighted by molar-refractivity contribution is 0.251. The number of amides is 2. The summed E-state index contributed by atoms with van der Waals surface area (Å²) in [5.74, 6) is 1.59. The lowest BCUT2D eigenvalue weighted by Crippen LogP contribution is -2.33. The molecule has 0 saturated heterocycles. The highest BCUT2D eigenvalue weighted by molar-refractivity contribution is 5.90. The van der Waals surface area contributed by atoms with Gasteiger partial charge in [0.15, 0.2) is 0 Å². The topological polar surface area (TPSA) is 59.0 Å². The Bertz CT molecular complexity index is 795. The first kappa shape index (κ1) is 16.2. The van der Waals surface area contributed by atoms with Gasteiger partial charge in [-0.05, 0) is 35.8 Å². The van der Waals surface area contributed by atoms with Crippen LogP contribution in [-0.4, -0.2) is 21.9 Å². The van der Waals surface area contributed by atoms with E-state index in [9.17, 15) is 4.79 Å². The van der Waals surface area contributed by atoms with E-state index >= 15 is 0 Å². The van der Waals surface area contributed by atoms with E-state index in [1.807, 2.05) is 4.68 Å². The molecule has 4 rings (SSSR count). The van der Waals surface area contributed by atoms with E-state index in [1.165, 1.54) is 11.1 Å². The molecule has 2 N–H and O–H groups in total. The van der Waals surface area contributed by atoms with Gasteiger partial charge < -0.3 is 10.6 Å². The average Bonchev–Trinajstić information content (AvgIpc) is 2.92. The normalized spacial score (nSPS) is 23.3. The van der Waals surface area contributed by atoms with Crippen molar-refractivity contribution in [1.82, 2.24) is 15.1 Å². The number of carbonyl (C=O) groups is 1. The third-order valence-electron chi connectivity index (χ3n) is 5.41. The van der Waals surface area contributed by atoms with Gasteiger partial charge in [0.1, 0.15) is 0 Å². The summed E-state index contributed by atoms with van der Waals surface area (Å²) in [4.78, 5) is 12.4. The molecule has 0 bridgehead atoms. The Labute approximate surface area is 148 Å². The van der Waals surface area contributed by atoms with Crippen LogP contribution in [0, 0.1) is 11.8 Å². The summed E-state index contributed by atoms with van der Waals surface area (Å²) in [6.07, 6.45) is 3.70. The second-order valence-electron chi connectivity index (χ2n) is 7.65. The Kier molecular flexibility index (Phi) is 4.02. The van der Waals surface area contributed by atoms with Crippen molar-refractivity contribution < 1.29 is 4.79 Å². The van der Waals surface area contributed by atoms with Gasteiger partial charge in [-0.25, -0.2) is 4.79 Å². The summed E-state index contributed by atoms with van der Waals surface area (Å²) >= 11 is 0. The van der Waals surface area contributed by atoms with E-state index in [4.69, 9.17) is 0 Å². The first-order chi connectivity index (χ1) is 12.1. The lowest BCUT2D eigenvalue weighted by atomic mass is 10.1. The van der Waals surface area contributed by atoms with Crippen molar-refractivity contribution in [3.05, 3.63) is 47.3 Å². The van der Waals surface area contributed by atoms with Gasteiger partial charge in [-0.15, -0.1) is 0 Å². The van der Waals surface area contributed by atoms with E-state index in [0.717, 1.165) is 30.8 Å². The number of benzene rings is 1. The summed E-state index contributed by atoms with van der Waals surface area (Å²) in [7, 11) is 0.